The molecule has 0 aliphatic carbocycles. The predicted octanol–water partition coefficient (Wildman–Crippen LogP) is 6.48. The number of fused-ring (bicyclic) bond motifs is 2. The molecule has 35 heavy (non-hydrogen) atoms. The van der Waals surface area contributed by atoms with Crippen LogP contribution in [-0.2, 0) is 6.54 Å². The first-order valence-corrected chi connectivity index (χ1v) is 11.0. The number of benzene rings is 2. The molecule has 9 nitrogen and oxygen atoms in total. The number of hydrogen-bond donors (Lipinski definition) is 1. The maximum atomic E-state index is 13.3. The number of aromatic hydroxyl groups is 1. The van der Waals surface area contributed by atoms with Crippen LogP contribution in [0.1, 0.15) is 28.5 Å². The van der Waals surface area contributed by atoms with E-state index >= 15 is 0 Å². The summed E-state index contributed by atoms with van der Waals surface area (Å²) in [4.78, 5) is 24.5. The van der Waals surface area contributed by atoms with Crippen molar-refractivity contribution >= 4 is 39.3 Å². The molecular formula is C26H21N5O4. The van der Waals surface area contributed by atoms with Crippen LogP contribution >= 0.6 is 0 Å². The molecule has 174 valence electrons. The molecule has 3 heterocycles. The van der Waals surface area contributed by atoms with Gasteiger partial charge in [-0.15, -0.1) is 10.2 Å². The molecule has 9 heteroatoms. The minimum Gasteiger partial charge on any atom is -0.493 e. The van der Waals surface area contributed by atoms with Gasteiger partial charge in [0.2, 0.25) is 11.7 Å². The van der Waals surface area contributed by atoms with Crippen molar-refractivity contribution in [2.45, 2.75) is 20.4 Å². The lowest BCUT2D eigenvalue weighted by Crippen LogP contribution is -2.07. The van der Waals surface area contributed by atoms with Crippen molar-refractivity contribution in [1.29, 1.82) is 0 Å². The number of nitro benzene ring substituents is 1. The van der Waals surface area contributed by atoms with E-state index in [4.69, 9.17) is 0 Å². The molecule has 0 aliphatic rings. The highest BCUT2D eigenvalue weighted by Gasteiger charge is 2.22. The molecule has 0 aliphatic heterocycles. The Morgan fingerprint density at radius 2 is 1.83 bits per heavy atom. The van der Waals surface area contributed by atoms with Gasteiger partial charge in [0.25, 0.3) is 5.69 Å². The highest BCUT2D eigenvalue weighted by atomic mass is 16.6. The molecule has 3 aromatic heterocycles. The molecule has 0 unspecified atom stereocenters. The van der Waals surface area contributed by atoms with Crippen molar-refractivity contribution in [3.05, 3.63) is 99.9 Å². The first kappa shape index (κ1) is 22.0. The summed E-state index contributed by atoms with van der Waals surface area (Å²) in [6, 6.07) is 18.9. The van der Waals surface area contributed by atoms with E-state index in [1.54, 1.807) is 21.2 Å². The Balaban J connectivity index is 1.56. The third-order valence-electron chi connectivity index (χ3n) is 6.01. The van der Waals surface area contributed by atoms with Crippen LogP contribution in [0.5, 0.6) is 5.88 Å². The number of nitrogens with zero attached hydrogens (tertiary/aromatic N) is 5. The summed E-state index contributed by atoms with van der Waals surface area (Å²) in [5.41, 5.74) is 2.90. The van der Waals surface area contributed by atoms with Crippen LogP contribution < -0.4 is 0 Å². The monoisotopic (exact) mass is 467 g/mol. The van der Waals surface area contributed by atoms with Crippen LogP contribution in [0, 0.1) is 17.0 Å². The average Bonchev–Trinajstić information content (AvgIpc) is 3.34. The highest BCUT2D eigenvalue weighted by Crippen LogP contribution is 2.40. The second-order valence-electron chi connectivity index (χ2n) is 8.09. The Kier molecular flexibility index (Phi) is 5.37. The number of aryl methyl sites for hydroxylation is 2. The standard InChI is InChI=1S/C26H21N5O4/c1-3-29-21-10-5-4-9-19(21)23(26(29)33)28-27-20-12-11-17(15-22(20)31(34)35)25(32)24-16(2)14-18-8-6-7-13-30(18)24/h4-15,33H,3H2,1-2H3. The van der Waals surface area contributed by atoms with E-state index in [1.165, 1.54) is 18.2 Å². The van der Waals surface area contributed by atoms with Crippen molar-refractivity contribution < 1.29 is 14.8 Å². The Labute approximate surface area is 199 Å². The van der Waals surface area contributed by atoms with Gasteiger partial charge in [0.15, 0.2) is 11.4 Å². The van der Waals surface area contributed by atoms with Gasteiger partial charge in [-0.25, -0.2) is 0 Å². The van der Waals surface area contributed by atoms with Gasteiger partial charge in [-0.3, -0.25) is 14.9 Å². The van der Waals surface area contributed by atoms with Gasteiger partial charge < -0.3 is 14.1 Å². The molecule has 5 aromatic rings. The van der Waals surface area contributed by atoms with Crippen LogP contribution in [0.4, 0.5) is 17.1 Å². The second-order valence-corrected chi connectivity index (χ2v) is 8.09. The second kappa shape index (κ2) is 8.53. The summed E-state index contributed by atoms with van der Waals surface area (Å²) >= 11 is 0. The van der Waals surface area contributed by atoms with Gasteiger partial charge in [-0.1, -0.05) is 24.3 Å². The molecule has 0 saturated carbocycles. The van der Waals surface area contributed by atoms with Crippen LogP contribution in [0.3, 0.4) is 0 Å². The maximum absolute atomic E-state index is 13.3. The molecule has 1 N–H and O–H groups in total. The fraction of sp³-hybridized carbons (Fsp3) is 0.115. The van der Waals surface area contributed by atoms with Crippen molar-refractivity contribution in [3.63, 3.8) is 0 Å². The molecular weight excluding hydrogens is 446 g/mol. The lowest BCUT2D eigenvalue weighted by atomic mass is 10.0. The number of ketones is 1. The minimum absolute atomic E-state index is 0.0176. The van der Waals surface area contributed by atoms with E-state index in [0.717, 1.165) is 16.6 Å². The van der Waals surface area contributed by atoms with Gasteiger partial charge in [0.05, 0.1) is 16.1 Å². The van der Waals surface area contributed by atoms with E-state index < -0.39 is 4.92 Å². The third-order valence-corrected chi connectivity index (χ3v) is 6.01. The fourth-order valence-electron chi connectivity index (χ4n) is 4.37. The zero-order valence-electron chi connectivity index (χ0n) is 19.0. The van der Waals surface area contributed by atoms with Crippen LogP contribution in [0.2, 0.25) is 0 Å². The molecule has 0 saturated heterocycles. The molecule has 2 aromatic carbocycles. The molecule has 5 rings (SSSR count). The average molecular weight is 467 g/mol. The van der Waals surface area contributed by atoms with E-state index in [2.05, 4.69) is 10.2 Å². The van der Waals surface area contributed by atoms with Crippen LogP contribution in [0.25, 0.3) is 16.4 Å². The summed E-state index contributed by atoms with van der Waals surface area (Å²) in [7, 11) is 0. The van der Waals surface area contributed by atoms with Crippen LogP contribution in [0.15, 0.2) is 83.2 Å². The summed E-state index contributed by atoms with van der Waals surface area (Å²) in [6.45, 7) is 4.24. The quantitative estimate of drug-likeness (QED) is 0.133. The van der Waals surface area contributed by atoms with Crippen molar-refractivity contribution in [1.82, 2.24) is 8.97 Å². The number of hydrogen-bond acceptors (Lipinski definition) is 6. The summed E-state index contributed by atoms with van der Waals surface area (Å²) < 4.78 is 3.45. The summed E-state index contributed by atoms with van der Waals surface area (Å²) in [5, 5.41) is 31.4. The number of carbonyl (C=O) groups excluding carboxylic acids is 1. The third kappa shape index (κ3) is 3.63. The molecule has 0 radical (unpaired) electrons. The van der Waals surface area contributed by atoms with Crippen molar-refractivity contribution in [3.8, 4) is 5.88 Å². The maximum Gasteiger partial charge on any atom is 0.297 e. The number of pyridine rings is 1. The van der Waals surface area contributed by atoms with Gasteiger partial charge >= 0.3 is 0 Å². The van der Waals surface area contributed by atoms with E-state index in [1.807, 2.05) is 56.3 Å². The van der Waals surface area contributed by atoms with Gasteiger partial charge in [0.1, 0.15) is 0 Å². The van der Waals surface area contributed by atoms with Crippen LogP contribution in [-0.4, -0.2) is 24.8 Å². The first-order valence-electron chi connectivity index (χ1n) is 11.0. The SMILES string of the molecule is CCn1c(O)c(N=Nc2ccc(C(=O)c3c(C)cc4ccccn34)cc2[N+](=O)[O-])c2ccccc21. The van der Waals surface area contributed by atoms with Crippen molar-refractivity contribution in [2.75, 3.05) is 0 Å². The van der Waals surface area contributed by atoms with Gasteiger partial charge in [-0.2, -0.15) is 0 Å². The molecule has 0 fully saturated rings. The zero-order chi connectivity index (χ0) is 24.7. The van der Waals surface area contributed by atoms with Gasteiger partial charge in [-0.05, 0) is 55.8 Å². The van der Waals surface area contributed by atoms with E-state index in [0.29, 0.717) is 17.6 Å². The number of azo groups is 1. The topological polar surface area (TPSA) is 114 Å². The Hall–Kier alpha value is -4.79. The summed E-state index contributed by atoms with van der Waals surface area (Å²) in [6.07, 6.45) is 1.78. The first-order chi connectivity index (χ1) is 16.9. The molecule has 0 bridgehead atoms. The van der Waals surface area contributed by atoms with E-state index in [-0.39, 0.29) is 34.3 Å². The smallest absolute Gasteiger partial charge is 0.297 e. The van der Waals surface area contributed by atoms with Gasteiger partial charge in [0, 0.05) is 35.3 Å². The lowest BCUT2D eigenvalue weighted by Gasteiger charge is -2.05. The largest absolute Gasteiger partial charge is 0.493 e. The Morgan fingerprint density at radius 3 is 2.60 bits per heavy atom. The molecule has 0 spiro atoms. The zero-order valence-corrected chi connectivity index (χ0v) is 19.0. The highest BCUT2D eigenvalue weighted by molar-refractivity contribution is 6.10. The Morgan fingerprint density at radius 1 is 1.06 bits per heavy atom. The Bertz CT molecular complexity index is 1660. The van der Waals surface area contributed by atoms with Crippen molar-refractivity contribution in [2.24, 2.45) is 10.2 Å². The number of nitro groups is 1. The summed E-state index contributed by atoms with van der Waals surface area (Å²) in [5.74, 6) is -0.397. The minimum atomic E-state index is -0.594. The number of carbonyl (C=O) groups is 1. The molecule has 0 atom stereocenters. The number of aromatic nitrogens is 2. The lowest BCUT2D eigenvalue weighted by molar-refractivity contribution is -0.384. The van der Waals surface area contributed by atoms with E-state index in [9.17, 15) is 20.0 Å². The fourth-order valence-corrected chi connectivity index (χ4v) is 4.37. The predicted molar refractivity (Wildman–Crippen MR) is 132 cm³/mol. The normalized spacial score (nSPS) is 11.6. The molecule has 0 amide bonds. The number of para-hydroxylation sites is 1. The number of rotatable bonds is 6.